The fourth-order valence-electron chi connectivity index (χ4n) is 3.81. The first kappa shape index (κ1) is 25.4. The van der Waals surface area contributed by atoms with Gasteiger partial charge in [-0.25, -0.2) is 9.97 Å². The summed E-state index contributed by atoms with van der Waals surface area (Å²) >= 11 is 6.33. The molecule has 11 heteroatoms. The van der Waals surface area contributed by atoms with Crippen LogP contribution in [0.15, 0.2) is 48.5 Å². The Balaban J connectivity index is 1.46. The summed E-state index contributed by atoms with van der Waals surface area (Å²) in [6, 6.07) is 10.9. The highest BCUT2D eigenvalue weighted by molar-refractivity contribution is 6.31. The van der Waals surface area contributed by atoms with Crippen molar-refractivity contribution in [2.75, 3.05) is 23.3 Å². The predicted molar refractivity (Wildman–Crippen MR) is 128 cm³/mol. The van der Waals surface area contributed by atoms with Crippen LogP contribution in [0.3, 0.4) is 0 Å². The van der Waals surface area contributed by atoms with E-state index < -0.39 is 23.6 Å². The molecule has 1 aromatic heterocycles. The van der Waals surface area contributed by atoms with Gasteiger partial charge in [0.05, 0.1) is 5.56 Å². The first-order chi connectivity index (χ1) is 17.1. The van der Waals surface area contributed by atoms with Crippen LogP contribution in [0.25, 0.3) is 0 Å². The van der Waals surface area contributed by atoms with Crippen LogP contribution < -0.4 is 15.0 Å². The summed E-state index contributed by atoms with van der Waals surface area (Å²) in [5, 5.41) is 2.71. The second-order valence-corrected chi connectivity index (χ2v) is 8.63. The molecule has 1 fully saturated rings. The minimum atomic E-state index is -4.46. The largest absolute Gasteiger partial charge is 0.419 e. The van der Waals surface area contributed by atoms with Crippen molar-refractivity contribution >= 4 is 35.0 Å². The Kier molecular flexibility index (Phi) is 7.44. The van der Waals surface area contributed by atoms with Gasteiger partial charge in [0.1, 0.15) is 5.82 Å². The van der Waals surface area contributed by atoms with E-state index in [2.05, 4.69) is 15.3 Å². The average Bonchev–Trinajstić information content (AvgIpc) is 3.36. The average molecular weight is 519 g/mol. The van der Waals surface area contributed by atoms with E-state index in [1.54, 1.807) is 24.3 Å². The van der Waals surface area contributed by atoms with Crippen molar-refractivity contribution < 1.29 is 27.5 Å². The lowest BCUT2D eigenvalue weighted by Gasteiger charge is -2.20. The number of hydrogen-bond acceptors (Lipinski definition) is 6. The number of rotatable bonds is 6. The van der Waals surface area contributed by atoms with Gasteiger partial charge in [0.15, 0.2) is 11.0 Å². The number of ether oxygens (including phenoxy) is 1. The number of carbonyl (C=O) groups excluding carboxylic acids is 2. The third-order valence-corrected chi connectivity index (χ3v) is 5.81. The topological polar surface area (TPSA) is 84.4 Å². The van der Waals surface area contributed by atoms with Crippen molar-refractivity contribution in [2.24, 2.45) is 0 Å². The predicted octanol–water partition coefficient (Wildman–Crippen LogP) is 5.52. The number of anilines is 2. The third kappa shape index (κ3) is 6.12. The van der Waals surface area contributed by atoms with Crippen LogP contribution in [0.5, 0.6) is 5.75 Å². The van der Waals surface area contributed by atoms with Crippen molar-refractivity contribution in [3.63, 3.8) is 0 Å². The molecule has 0 radical (unpaired) electrons. The van der Waals surface area contributed by atoms with E-state index in [-0.39, 0.29) is 16.5 Å². The van der Waals surface area contributed by atoms with Crippen LogP contribution >= 0.6 is 11.6 Å². The molecular weight excluding hydrogens is 497 g/mol. The van der Waals surface area contributed by atoms with Crippen LogP contribution in [-0.2, 0) is 17.4 Å². The Morgan fingerprint density at radius 3 is 2.25 bits per heavy atom. The first-order valence-electron chi connectivity index (χ1n) is 11.2. The summed E-state index contributed by atoms with van der Waals surface area (Å²) in [6.07, 6.45) is -2.13. The monoisotopic (exact) mass is 518 g/mol. The maximum absolute atomic E-state index is 12.7. The molecule has 3 aromatic rings. The summed E-state index contributed by atoms with van der Waals surface area (Å²) in [7, 11) is 0. The highest BCUT2D eigenvalue weighted by atomic mass is 35.5. The van der Waals surface area contributed by atoms with Gasteiger partial charge in [0.2, 0.25) is 5.75 Å². The van der Waals surface area contributed by atoms with Crippen LogP contribution in [0, 0.1) is 0 Å². The van der Waals surface area contributed by atoms with Gasteiger partial charge in [-0.05, 0) is 54.8 Å². The molecule has 1 N–H and O–H groups in total. The van der Waals surface area contributed by atoms with Gasteiger partial charge in [0.25, 0.3) is 5.91 Å². The number of hydrogen-bond donors (Lipinski definition) is 1. The van der Waals surface area contributed by atoms with Crippen LogP contribution in [-0.4, -0.2) is 34.9 Å². The molecule has 1 saturated heterocycles. The molecule has 7 nitrogen and oxygen atoms in total. The Labute approximate surface area is 210 Å². The Hall–Kier alpha value is -3.66. The Bertz CT molecular complexity index is 1260. The van der Waals surface area contributed by atoms with Crippen LogP contribution in [0.1, 0.15) is 47.1 Å². The van der Waals surface area contributed by atoms with Crippen molar-refractivity contribution in [3.8, 4) is 5.75 Å². The lowest BCUT2D eigenvalue weighted by molar-refractivity contribution is -0.137. The minimum Gasteiger partial charge on any atom is -0.419 e. The van der Waals surface area contributed by atoms with E-state index >= 15 is 0 Å². The van der Waals surface area contributed by atoms with Crippen LogP contribution in [0.2, 0.25) is 5.15 Å². The molecule has 0 aliphatic carbocycles. The van der Waals surface area contributed by atoms with Gasteiger partial charge in [-0.1, -0.05) is 23.7 Å². The number of carbonyl (C=O) groups is 2. The number of esters is 1. The number of nitrogens with zero attached hydrogens (tertiary/aromatic N) is 3. The van der Waals surface area contributed by atoms with E-state index in [0.717, 1.165) is 55.8 Å². The smallest absolute Gasteiger partial charge is 0.416 e. The van der Waals surface area contributed by atoms with E-state index in [0.29, 0.717) is 23.8 Å². The first-order valence-corrected chi connectivity index (χ1v) is 11.6. The highest BCUT2D eigenvalue weighted by Crippen LogP contribution is 2.35. The summed E-state index contributed by atoms with van der Waals surface area (Å²) in [5.74, 6) is 0.0409. The second kappa shape index (κ2) is 10.5. The van der Waals surface area contributed by atoms with Crippen molar-refractivity contribution in [3.05, 3.63) is 76.2 Å². The van der Waals surface area contributed by atoms with E-state index in [1.807, 2.05) is 4.90 Å². The molecule has 36 heavy (non-hydrogen) atoms. The zero-order valence-corrected chi connectivity index (χ0v) is 20.0. The maximum atomic E-state index is 12.7. The zero-order chi connectivity index (χ0) is 25.9. The molecule has 0 saturated carbocycles. The molecule has 2 heterocycles. The molecular formula is C25H22ClF3N4O3. The van der Waals surface area contributed by atoms with Crippen molar-refractivity contribution in [2.45, 2.75) is 32.4 Å². The third-order valence-electron chi connectivity index (χ3n) is 5.55. The highest BCUT2D eigenvalue weighted by Gasteiger charge is 2.30. The molecule has 1 aliphatic rings. The van der Waals surface area contributed by atoms with Crippen LogP contribution in [0.4, 0.5) is 24.7 Å². The summed E-state index contributed by atoms with van der Waals surface area (Å²) in [5.41, 5.74) is 0.605. The standard InChI is InChI=1S/C25H22ClF3N4O3/c1-15(34)36-21-22(26)31-20(32-23(21)33-12-2-3-13-33)14-16-4-10-19(11-5-16)30-24(35)17-6-8-18(9-7-17)25(27,28)29/h4-11H,2-3,12-14H2,1H3,(H,30,35). The van der Waals surface area contributed by atoms with Gasteiger partial charge in [-0.2, -0.15) is 13.2 Å². The SMILES string of the molecule is CC(=O)Oc1c(Cl)nc(Cc2ccc(NC(=O)c3ccc(C(F)(F)F)cc3)cc2)nc1N1CCCC1. The molecule has 1 amide bonds. The second-order valence-electron chi connectivity index (χ2n) is 8.27. The molecule has 0 atom stereocenters. The lowest BCUT2D eigenvalue weighted by atomic mass is 10.1. The van der Waals surface area contributed by atoms with Gasteiger partial charge in [-0.3, -0.25) is 9.59 Å². The van der Waals surface area contributed by atoms with Crippen molar-refractivity contribution in [1.29, 1.82) is 0 Å². The number of nitrogens with one attached hydrogen (secondary N) is 1. The summed E-state index contributed by atoms with van der Waals surface area (Å²) in [4.78, 5) is 34.8. The molecule has 4 rings (SSSR count). The lowest BCUT2D eigenvalue weighted by Crippen LogP contribution is -2.22. The minimum absolute atomic E-state index is 0.0533. The van der Waals surface area contributed by atoms with Gasteiger partial charge in [-0.15, -0.1) is 0 Å². The molecule has 2 aromatic carbocycles. The fraction of sp³-hybridized carbons (Fsp3) is 0.280. The number of benzene rings is 2. The molecule has 188 valence electrons. The number of alkyl halides is 3. The van der Waals surface area contributed by atoms with Gasteiger partial charge < -0.3 is 15.0 Å². The zero-order valence-electron chi connectivity index (χ0n) is 19.2. The molecule has 1 aliphatic heterocycles. The van der Waals surface area contributed by atoms with E-state index in [4.69, 9.17) is 16.3 Å². The van der Waals surface area contributed by atoms with E-state index in [1.165, 1.54) is 6.92 Å². The quantitative estimate of drug-likeness (QED) is 0.342. The fourth-order valence-corrected chi connectivity index (χ4v) is 4.03. The summed E-state index contributed by atoms with van der Waals surface area (Å²) in [6.45, 7) is 2.83. The molecule has 0 spiro atoms. The Morgan fingerprint density at radius 2 is 1.67 bits per heavy atom. The van der Waals surface area contributed by atoms with Gasteiger partial charge >= 0.3 is 12.1 Å². The number of halogens is 4. The summed E-state index contributed by atoms with van der Waals surface area (Å²) < 4.78 is 43.4. The number of aromatic nitrogens is 2. The normalized spacial score (nSPS) is 13.5. The molecule has 0 bridgehead atoms. The Morgan fingerprint density at radius 1 is 1.03 bits per heavy atom. The van der Waals surface area contributed by atoms with E-state index in [9.17, 15) is 22.8 Å². The molecule has 0 unspecified atom stereocenters. The number of amides is 1. The van der Waals surface area contributed by atoms with Gasteiger partial charge in [0, 0.05) is 37.7 Å². The van der Waals surface area contributed by atoms with Crippen molar-refractivity contribution in [1.82, 2.24) is 9.97 Å². The maximum Gasteiger partial charge on any atom is 0.416 e.